The number of hydrogen-bond donors (Lipinski definition) is 1. The molecule has 5 heteroatoms. The number of carbonyl (C=O) groups is 1. The minimum absolute atomic E-state index is 0.273. The second-order valence-electron chi connectivity index (χ2n) is 7.92. The number of carboxylic acid groups (broad SMARTS) is 1. The van der Waals surface area contributed by atoms with Gasteiger partial charge in [-0.2, -0.15) is 0 Å². The molecule has 5 rings (SSSR count). The zero-order valence-corrected chi connectivity index (χ0v) is 15.2. The van der Waals surface area contributed by atoms with Gasteiger partial charge in [-0.25, -0.2) is 4.98 Å². The summed E-state index contributed by atoms with van der Waals surface area (Å²) in [5.41, 5.74) is 3.61. The number of benzene rings is 1. The fraction of sp³-hybridized carbons (Fsp3) is 0.364. The van der Waals surface area contributed by atoms with Gasteiger partial charge in [0.05, 0.1) is 16.8 Å². The van der Waals surface area contributed by atoms with Crippen molar-refractivity contribution >= 4 is 11.6 Å². The molecule has 138 valence electrons. The molecule has 2 aliphatic rings. The standard InChI is InChI=1S/C22H23N3O2/c26-21(27)22-11-6-9-17(22)13-24(15-22)14-18-20(16-7-2-1-3-8-16)23-19-10-4-5-12-25(18)19/h1-5,7-8,10,12,17H,6,9,11,13-15H2,(H,26,27)/t17-,22+/m0/s1. The van der Waals surface area contributed by atoms with Gasteiger partial charge in [0.2, 0.25) is 0 Å². The van der Waals surface area contributed by atoms with Gasteiger partial charge in [-0.1, -0.05) is 42.8 Å². The topological polar surface area (TPSA) is 57.8 Å². The molecule has 1 aliphatic carbocycles. The average Bonchev–Trinajstić information content (AvgIpc) is 3.34. The number of nitrogens with zero attached hydrogens (tertiary/aromatic N) is 3. The zero-order valence-electron chi connectivity index (χ0n) is 15.2. The number of hydrogen-bond acceptors (Lipinski definition) is 3. The van der Waals surface area contributed by atoms with Crippen LogP contribution >= 0.6 is 0 Å². The predicted molar refractivity (Wildman–Crippen MR) is 103 cm³/mol. The SMILES string of the molecule is O=C(O)[C@@]12CCC[C@H]1CN(Cc1c(-c3ccccc3)nc3ccccn13)C2. The fourth-order valence-electron chi connectivity index (χ4n) is 5.10. The molecule has 0 spiro atoms. The summed E-state index contributed by atoms with van der Waals surface area (Å²) in [7, 11) is 0. The van der Waals surface area contributed by atoms with Crippen LogP contribution in [0.15, 0.2) is 54.7 Å². The van der Waals surface area contributed by atoms with Gasteiger partial charge in [0.15, 0.2) is 0 Å². The number of fused-ring (bicyclic) bond motifs is 2. The predicted octanol–water partition coefficient (Wildman–Crippen LogP) is 3.69. The number of rotatable bonds is 4. The Morgan fingerprint density at radius 1 is 1.19 bits per heavy atom. The van der Waals surface area contributed by atoms with E-state index in [0.29, 0.717) is 6.54 Å². The molecule has 2 aromatic heterocycles. The molecule has 1 N–H and O–H groups in total. The molecule has 0 radical (unpaired) electrons. The largest absolute Gasteiger partial charge is 0.481 e. The summed E-state index contributed by atoms with van der Waals surface area (Å²) in [5.74, 6) is -0.344. The number of likely N-dealkylation sites (tertiary alicyclic amines) is 1. The smallest absolute Gasteiger partial charge is 0.311 e. The number of pyridine rings is 1. The Morgan fingerprint density at radius 3 is 2.78 bits per heavy atom. The number of aliphatic carboxylic acids is 1. The van der Waals surface area contributed by atoms with E-state index in [1.807, 2.05) is 42.6 Å². The molecule has 3 heterocycles. The van der Waals surface area contributed by atoms with Crippen molar-refractivity contribution in [1.29, 1.82) is 0 Å². The van der Waals surface area contributed by atoms with Gasteiger partial charge in [-0.05, 0) is 30.9 Å². The van der Waals surface area contributed by atoms with E-state index in [9.17, 15) is 9.90 Å². The highest BCUT2D eigenvalue weighted by atomic mass is 16.4. The van der Waals surface area contributed by atoms with Crippen molar-refractivity contribution < 1.29 is 9.90 Å². The molecule has 5 nitrogen and oxygen atoms in total. The van der Waals surface area contributed by atoms with Crippen molar-refractivity contribution in [1.82, 2.24) is 14.3 Å². The van der Waals surface area contributed by atoms with Gasteiger partial charge < -0.3 is 9.51 Å². The van der Waals surface area contributed by atoms with Crippen LogP contribution in [0.3, 0.4) is 0 Å². The second kappa shape index (κ2) is 6.20. The molecular formula is C22H23N3O2. The Balaban J connectivity index is 1.53. The van der Waals surface area contributed by atoms with Crippen molar-refractivity contribution in [3.05, 3.63) is 60.4 Å². The number of aromatic nitrogens is 2. The molecule has 3 aromatic rings. The van der Waals surface area contributed by atoms with Gasteiger partial charge in [0, 0.05) is 31.4 Å². The first kappa shape index (κ1) is 16.5. The summed E-state index contributed by atoms with van der Waals surface area (Å²) in [6.45, 7) is 2.23. The van der Waals surface area contributed by atoms with Crippen molar-refractivity contribution in [2.24, 2.45) is 11.3 Å². The summed E-state index contributed by atoms with van der Waals surface area (Å²) >= 11 is 0. The Morgan fingerprint density at radius 2 is 2.00 bits per heavy atom. The summed E-state index contributed by atoms with van der Waals surface area (Å²) in [6.07, 6.45) is 4.92. The Labute approximate surface area is 158 Å². The van der Waals surface area contributed by atoms with Crippen molar-refractivity contribution in [2.75, 3.05) is 13.1 Å². The van der Waals surface area contributed by atoms with Crippen LogP contribution in [0.4, 0.5) is 0 Å². The van der Waals surface area contributed by atoms with E-state index in [0.717, 1.165) is 55.0 Å². The summed E-state index contributed by atoms with van der Waals surface area (Å²) in [6, 6.07) is 16.3. The fourth-order valence-corrected chi connectivity index (χ4v) is 5.10. The van der Waals surface area contributed by atoms with Crippen LogP contribution < -0.4 is 0 Å². The molecule has 2 atom stereocenters. The maximum atomic E-state index is 12.0. The Kier molecular flexibility index (Phi) is 3.79. The van der Waals surface area contributed by atoms with Crippen LogP contribution in [-0.4, -0.2) is 38.4 Å². The number of imidazole rings is 1. The van der Waals surface area contributed by atoms with Gasteiger partial charge in [-0.3, -0.25) is 9.69 Å². The maximum Gasteiger partial charge on any atom is 0.311 e. The van der Waals surface area contributed by atoms with Crippen LogP contribution in [0.5, 0.6) is 0 Å². The van der Waals surface area contributed by atoms with Gasteiger partial charge in [0.25, 0.3) is 0 Å². The summed E-state index contributed by atoms with van der Waals surface area (Å²) in [5, 5.41) is 9.88. The van der Waals surface area contributed by atoms with Crippen molar-refractivity contribution in [2.45, 2.75) is 25.8 Å². The minimum atomic E-state index is -0.617. The lowest BCUT2D eigenvalue weighted by Crippen LogP contribution is -2.35. The second-order valence-corrected chi connectivity index (χ2v) is 7.92. The first-order chi connectivity index (χ1) is 13.2. The highest BCUT2D eigenvalue weighted by Crippen LogP contribution is 2.49. The van der Waals surface area contributed by atoms with E-state index in [1.165, 1.54) is 0 Å². The van der Waals surface area contributed by atoms with Crippen LogP contribution in [0.25, 0.3) is 16.9 Å². The quantitative estimate of drug-likeness (QED) is 0.770. The molecular weight excluding hydrogens is 338 g/mol. The zero-order chi connectivity index (χ0) is 18.4. The molecule has 27 heavy (non-hydrogen) atoms. The third-order valence-corrected chi connectivity index (χ3v) is 6.42. The summed E-state index contributed by atoms with van der Waals surface area (Å²) in [4.78, 5) is 19.2. The average molecular weight is 361 g/mol. The molecule has 1 saturated carbocycles. The van der Waals surface area contributed by atoms with E-state index in [2.05, 4.69) is 21.4 Å². The minimum Gasteiger partial charge on any atom is -0.481 e. The van der Waals surface area contributed by atoms with Gasteiger partial charge in [0.1, 0.15) is 5.65 Å². The van der Waals surface area contributed by atoms with E-state index in [-0.39, 0.29) is 5.92 Å². The van der Waals surface area contributed by atoms with E-state index in [4.69, 9.17) is 4.98 Å². The lowest BCUT2D eigenvalue weighted by Gasteiger charge is -2.23. The van der Waals surface area contributed by atoms with E-state index >= 15 is 0 Å². The molecule has 0 unspecified atom stereocenters. The highest BCUT2D eigenvalue weighted by Gasteiger charge is 2.54. The molecule has 1 saturated heterocycles. The van der Waals surface area contributed by atoms with Crippen LogP contribution in [0.1, 0.15) is 25.0 Å². The molecule has 1 aromatic carbocycles. The van der Waals surface area contributed by atoms with Crippen LogP contribution in [0, 0.1) is 11.3 Å². The maximum absolute atomic E-state index is 12.0. The summed E-state index contributed by atoms with van der Waals surface area (Å²) < 4.78 is 2.14. The Bertz CT molecular complexity index is 997. The van der Waals surface area contributed by atoms with Crippen LogP contribution in [-0.2, 0) is 11.3 Å². The van der Waals surface area contributed by atoms with Gasteiger partial charge >= 0.3 is 5.97 Å². The number of carboxylic acids is 1. The Hall–Kier alpha value is -2.66. The third kappa shape index (κ3) is 2.57. The van der Waals surface area contributed by atoms with Crippen molar-refractivity contribution in [3.8, 4) is 11.3 Å². The normalized spacial score (nSPS) is 25.1. The monoisotopic (exact) mass is 361 g/mol. The molecule has 0 amide bonds. The molecule has 2 fully saturated rings. The lowest BCUT2D eigenvalue weighted by molar-refractivity contribution is -0.149. The lowest BCUT2D eigenvalue weighted by atomic mass is 9.81. The first-order valence-corrected chi connectivity index (χ1v) is 9.64. The third-order valence-electron chi connectivity index (χ3n) is 6.42. The van der Waals surface area contributed by atoms with E-state index < -0.39 is 11.4 Å². The highest BCUT2D eigenvalue weighted by molar-refractivity contribution is 5.76. The van der Waals surface area contributed by atoms with E-state index in [1.54, 1.807) is 0 Å². The van der Waals surface area contributed by atoms with Gasteiger partial charge in [-0.15, -0.1) is 0 Å². The molecule has 1 aliphatic heterocycles. The molecule has 0 bridgehead atoms. The van der Waals surface area contributed by atoms with Crippen LogP contribution in [0.2, 0.25) is 0 Å². The van der Waals surface area contributed by atoms with Crippen molar-refractivity contribution in [3.63, 3.8) is 0 Å². The first-order valence-electron chi connectivity index (χ1n) is 9.64.